The molecule has 1 saturated carbocycles. The number of aliphatic hydroxyl groups excluding tert-OH is 5. The van der Waals surface area contributed by atoms with Crippen molar-refractivity contribution in [3.05, 3.63) is 59.2 Å². The van der Waals surface area contributed by atoms with Crippen LogP contribution in [0.4, 0.5) is 0 Å². The van der Waals surface area contributed by atoms with Gasteiger partial charge in [-0.3, -0.25) is 4.99 Å². The van der Waals surface area contributed by atoms with Gasteiger partial charge in [-0.1, -0.05) is 67.5 Å². The van der Waals surface area contributed by atoms with Gasteiger partial charge in [0.2, 0.25) is 12.1 Å². The van der Waals surface area contributed by atoms with Gasteiger partial charge < -0.3 is 80.5 Å². The van der Waals surface area contributed by atoms with Crippen molar-refractivity contribution < 1.29 is 74.1 Å². The van der Waals surface area contributed by atoms with Crippen LogP contribution in [0.5, 0.6) is 0 Å². The van der Waals surface area contributed by atoms with Gasteiger partial charge in [0.1, 0.15) is 18.3 Å². The highest BCUT2D eigenvalue weighted by Crippen LogP contribution is 2.45. The van der Waals surface area contributed by atoms with Crippen LogP contribution in [-0.2, 0) is 33.3 Å². The summed E-state index contributed by atoms with van der Waals surface area (Å²) in [6, 6.07) is -0.563. The minimum Gasteiger partial charge on any atom is -0.478 e. The Bertz CT molecular complexity index is 1820. The van der Waals surface area contributed by atoms with Gasteiger partial charge in [0.15, 0.2) is 18.4 Å². The van der Waals surface area contributed by atoms with E-state index in [2.05, 4.69) is 10.3 Å². The average molecular weight is 977 g/mol. The highest BCUT2D eigenvalue weighted by atomic mass is 33.1. The molecule has 64 heavy (non-hydrogen) atoms. The van der Waals surface area contributed by atoms with Gasteiger partial charge in [-0.05, 0) is 44.6 Å². The molecule has 1 saturated heterocycles. The fourth-order valence-electron chi connectivity index (χ4n) is 8.46. The maximum Gasteiger partial charge on any atom is 0.339 e. The third-order valence-corrected chi connectivity index (χ3v) is 17.3. The van der Waals surface area contributed by atoms with Crippen LogP contribution in [0, 0.1) is 23.7 Å². The van der Waals surface area contributed by atoms with Crippen molar-refractivity contribution in [1.29, 1.82) is 0 Å². The minimum absolute atomic E-state index is 0.0782. The van der Waals surface area contributed by atoms with Crippen LogP contribution in [0.2, 0.25) is 0 Å². The van der Waals surface area contributed by atoms with Crippen molar-refractivity contribution in [2.45, 2.75) is 93.3 Å². The van der Waals surface area contributed by atoms with Gasteiger partial charge in [-0.2, -0.15) is 0 Å². The molecule has 11 N–H and O–H groups in total. The number of rotatable bonds is 12. The molecule has 0 amide bonds. The Labute approximate surface area is 387 Å². The monoisotopic (exact) mass is 976 g/mol. The Morgan fingerprint density at radius 1 is 1.08 bits per heavy atom. The molecule has 0 spiro atoms. The minimum atomic E-state index is -2.94. The molecule has 2 fully saturated rings. The predicted octanol–water partition coefficient (Wildman–Crippen LogP) is 0.415. The van der Waals surface area contributed by atoms with Gasteiger partial charge in [-0.25, -0.2) is 9.59 Å². The average Bonchev–Trinajstić information content (AvgIpc) is 3.64. The van der Waals surface area contributed by atoms with E-state index in [1.165, 1.54) is 12.5 Å². The first kappa shape index (κ1) is 50.9. The van der Waals surface area contributed by atoms with Crippen molar-refractivity contribution >= 4 is 61.1 Å². The summed E-state index contributed by atoms with van der Waals surface area (Å²) in [5.74, 6) is -5.66. The summed E-state index contributed by atoms with van der Waals surface area (Å²) < 4.78 is 30.7. The third-order valence-electron chi connectivity index (χ3n) is 11.8. The molecule has 4 bridgehead atoms. The van der Waals surface area contributed by atoms with Crippen LogP contribution in [0.1, 0.15) is 33.1 Å². The normalized spacial score (nSPS) is 34.9. The topological polar surface area (TPSA) is 296 Å². The Hall–Kier alpha value is -2.49. The number of nitrogens with zero attached hydrogens (tertiary/aromatic N) is 2. The van der Waals surface area contributed by atoms with Gasteiger partial charge in [-0.15, -0.1) is 0 Å². The van der Waals surface area contributed by atoms with E-state index in [0.29, 0.717) is 42.1 Å². The molecular formula is C41H60N4O15S4. The molecule has 5 heterocycles. The highest BCUT2D eigenvalue weighted by molar-refractivity contribution is 8.78. The number of carboxylic acid groups (broad SMARTS) is 1. The number of fused-ring (bicyclic) bond motifs is 2. The molecule has 0 radical (unpaired) electrons. The molecule has 358 valence electrons. The fourth-order valence-corrected chi connectivity index (χ4v) is 14.5. The SMILES string of the molecule is CC(C)OC1C(OC2OC=C3C(=O)OC4CCC(CO)C4CSSC4CSSCC=CC2C3C=CC2=C(NC(N)=NCCCO)C(C(=O)O)=CN(C2)C4CO)OC(CO)C(O)C1(O)O. The number of carbonyl (C=O) groups is 2. The molecule has 6 rings (SSSR count). The van der Waals surface area contributed by atoms with E-state index in [-0.39, 0.29) is 72.8 Å². The van der Waals surface area contributed by atoms with Crippen molar-refractivity contribution in [2.24, 2.45) is 34.4 Å². The number of nitrogens with two attached hydrogens (primary N) is 1. The smallest absolute Gasteiger partial charge is 0.339 e. The number of carboxylic acids is 1. The molecule has 19 nitrogen and oxygen atoms in total. The molecule has 23 heteroatoms. The fraction of sp³-hybridized carbons (Fsp3) is 0.683. The number of nitrogens with one attached hydrogen (secondary N) is 1. The van der Waals surface area contributed by atoms with Crippen LogP contribution >= 0.6 is 43.2 Å². The molecule has 0 aromatic heterocycles. The van der Waals surface area contributed by atoms with Gasteiger partial charge in [0.25, 0.3) is 0 Å². The summed E-state index contributed by atoms with van der Waals surface area (Å²) in [6.07, 6.45) is 1.88. The highest BCUT2D eigenvalue weighted by Gasteiger charge is 2.58. The number of ether oxygens (including phenoxy) is 5. The van der Waals surface area contributed by atoms with E-state index in [1.54, 1.807) is 80.2 Å². The number of guanidine groups is 1. The summed E-state index contributed by atoms with van der Waals surface area (Å²) in [5.41, 5.74) is 6.71. The van der Waals surface area contributed by atoms with Crippen LogP contribution in [0.25, 0.3) is 0 Å². The molecular weight excluding hydrogens is 917 g/mol. The van der Waals surface area contributed by atoms with E-state index in [1.807, 2.05) is 6.08 Å². The molecule has 6 aliphatic rings. The molecule has 0 aromatic rings. The number of allylic oxidation sites excluding steroid dienone is 1. The predicted molar refractivity (Wildman–Crippen MR) is 242 cm³/mol. The van der Waals surface area contributed by atoms with Gasteiger partial charge in [0, 0.05) is 66.8 Å². The van der Waals surface area contributed by atoms with Crippen molar-refractivity contribution in [3.8, 4) is 0 Å². The quantitative estimate of drug-likeness (QED) is 0.0241. The van der Waals surface area contributed by atoms with Crippen molar-refractivity contribution in [2.75, 3.05) is 56.8 Å². The van der Waals surface area contributed by atoms with Crippen molar-refractivity contribution in [3.63, 3.8) is 0 Å². The maximum absolute atomic E-state index is 14.5. The Morgan fingerprint density at radius 3 is 2.58 bits per heavy atom. The zero-order valence-electron chi connectivity index (χ0n) is 35.5. The second kappa shape index (κ2) is 23.5. The second-order valence-electron chi connectivity index (χ2n) is 16.4. The zero-order valence-corrected chi connectivity index (χ0v) is 38.8. The first-order valence-electron chi connectivity index (χ1n) is 21.2. The number of carbonyl (C=O) groups excluding carboxylic acids is 1. The van der Waals surface area contributed by atoms with Crippen LogP contribution in [0.3, 0.4) is 0 Å². The zero-order chi connectivity index (χ0) is 46.1. The van der Waals surface area contributed by atoms with E-state index in [4.69, 9.17) is 29.4 Å². The van der Waals surface area contributed by atoms with E-state index >= 15 is 0 Å². The van der Waals surface area contributed by atoms with Gasteiger partial charge in [0.05, 0.1) is 54.4 Å². The summed E-state index contributed by atoms with van der Waals surface area (Å²) in [4.78, 5) is 33.7. The second-order valence-corrected chi connectivity index (χ2v) is 21.6. The third kappa shape index (κ3) is 12.0. The number of esters is 1. The van der Waals surface area contributed by atoms with Crippen LogP contribution < -0.4 is 11.1 Å². The standard InChI is InChI=1S/C41H60N4O15S4/c1-21(2)57-35-39(59-31(17-49)34(50)41(35,54)55)60-38-25-5-3-12-61-62-20-32-29(16-48)45-13-22(33(26(14-45)36(51)52)44-40(42)43-10-4-11-46)6-8-24(25)27(18-56-38)37(53)58-30-9-7-23(15-47)28(30)19-63-64-32/h3,5-6,8,14,18,21,23-25,28-32,34-35,38-39,46-50,54-55H,4,7,9-13,15-17,19-20H2,1-2H3,(H,51,52)(H3,42,43,44). The van der Waals surface area contributed by atoms with Crippen molar-refractivity contribution in [1.82, 2.24) is 10.2 Å². The maximum atomic E-state index is 14.5. The molecule has 0 aromatic carbocycles. The largest absolute Gasteiger partial charge is 0.478 e. The van der Waals surface area contributed by atoms with E-state index in [0.717, 1.165) is 0 Å². The van der Waals surface area contributed by atoms with Crippen LogP contribution in [-0.4, -0.2) is 181 Å². The number of aliphatic hydroxyl groups is 7. The van der Waals surface area contributed by atoms with Gasteiger partial charge >= 0.3 is 11.9 Å². The number of hydrogen-bond acceptors (Lipinski definition) is 20. The lowest BCUT2D eigenvalue weighted by Crippen LogP contribution is -2.69. The Kier molecular flexibility index (Phi) is 18.7. The number of aliphatic carboxylic acids is 1. The van der Waals surface area contributed by atoms with E-state index < -0.39 is 85.3 Å². The summed E-state index contributed by atoms with van der Waals surface area (Å²) in [5, 5.41) is 87.4. The number of hydrogen-bond donors (Lipinski definition) is 10. The molecule has 1 aliphatic carbocycles. The lowest BCUT2D eigenvalue weighted by atomic mass is 9.82. The molecule has 12 unspecified atom stereocenters. The van der Waals surface area contributed by atoms with E-state index in [9.17, 15) is 50.4 Å². The number of aliphatic imine (C=N–C) groups is 1. The first-order chi connectivity index (χ1) is 30.7. The lowest BCUT2D eigenvalue weighted by Gasteiger charge is -2.48. The summed E-state index contributed by atoms with van der Waals surface area (Å²) in [7, 11) is 6.23. The molecule has 5 aliphatic heterocycles. The first-order valence-corrected chi connectivity index (χ1v) is 26.1. The Balaban J connectivity index is 1.52. The summed E-state index contributed by atoms with van der Waals surface area (Å²) in [6.45, 7) is 2.19. The molecule has 12 atom stereocenters. The Morgan fingerprint density at radius 2 is 1.88 bits per heavy atom. The van der Waals surface area contributed by atoms with Crippen LogP contribution in [0.15, 0.2) is 64.2 Å². The summed E-state index contributed by atoms with van der Waals surface area (Å²) >= 11 is 0. The lowest BCUT2D eigenvalue weighted by molar-refractivity contribution is -0.413.